The van der Waals surface area contributed by atoms with Gasteiger partial charge in [-0.3, -0.25) is 9.59 Å². The fourth-order valence-electron chi connectivity index (χ4n) is 2.59. The molecular formula is C19H14N2O3S. The van der Waals surface area contributed by atoms with Crippen LogP contribution in [-0.2, 0) is 9.59 Å². The first kappa shape index (κ1) is 15.5. The van der Waals surface area contributed by atoms with Crippen molar-refractivity contribution in [2.75, 3.05) is 16.4 Å². The number of thioether (sulfide) groups is 1. The molecular weight excluding hydrogens is 336 g/mol. The van der Waals surface area contributed by atoms with Crippen LogP contribution in [0.5, 0.6) is 0 Å². The molecule has 3 aromatic rings. The summed E-state index contributed by atoms with van der Waals surface area (Å²) in [5.74, 6) is 0.727. The molecule has 6 heteroatoms. The number of anilines is 2. The van der Waals surface area contributed by atoms with Gasteiger partial charge in [-0.25, -0.2) is 0 Å². The van der Waals surface area contributed by atoms with Crippen LogP contribution in [0, 0.1) is 0 Å². The fourth-order valence-corrected chi connectivity index (χ4v) is 3.38. The summed E-state index contributed by atoms with van der Waals surface area (Å²) in [7, 11) is 0. The minimum absolute atomic E-state index is 0.0363. The Morgan fingerprint density at radius 3 is 2.96 bits per heavy atom. The largest absolute Gasteiger partial charge is 0.457 e. The molecule has 2 aromatic carbocycles. The van der Waals surface area contributed by atoms with Crippen LogP contribution in [0.2, 0.25) is 0 Å². The lowest BCUT2D eigenvalue weighted by atomic mass is 10.2. The van der Waals surface area contributed by atoms with Crippen molar-refractivity contribution >= 4 is 52.0 Å². The van der Waals surface area contributed by atoms with E-state index in [2.05, 4.69) is 10.6 Å². The molecule has 0 saturated heterocycles. The minimum Gasteiger partial charge on any atom is -0.457 e. The molecule has 1 aliphatic rings. The smallest absolute Gasteiger partial charge is 0.248 e. The number of benzene rings is 2. The van der Waals surface area contributed by atoms with Crippen molar-refractivity contribution in [3.05, 3.63) is 60.4 Å². The molecule has 0 fully saturated rings. The lowest BCUT2D eigenvalue weighted by Crippen LogP contribution is -2.19. The second kappa shape index (κ2) is 6.49. The molecule has 2 N–H and O–H groups in total. The average molecular weight is 350 g/mol. The molecule has 1 aliphatic heterocycles. The van der Waals surface area contributed by atoms with Gasteiger partial charge in [0.05, 0.1) is 11.4 Å². The molecule has 2 amide bonds. The summed E-state index contributed by atoms with van der Waals surface area (Å²) in [6.45, 7) is 0. The van der Waals surface area contributed by atoms with E-state index in [4.69, 9.17) is 4.42 Å². The number of nitrogens with one attached hydrogen (secondary N) is 2. The van der Waals surface area contributed by atoms with Gasteiger partial charge >= 0.3 is 0 Å². The molecule has 5 nitrogen and oxygen atoms in total. The zero-order valence-electron chi connectivity index (χ0n) is 13.1. The predicted molar refractivity (Wildman–Crippen MR) is 99.7 cm³/mol. The molecule has 0 bridgehead atoms. The third-order valence-corrected chi connectivity index (χ3v) is 4.80. The zero-order valence-corrected chi connectivity index (χ0v) is 13.9. The molecule has 25 heavy (non-hydrogen) atoms. The maximum atomic E-state index is 12.1. The van der Waals surface area contributed by atoms with Crippen LogP contribution in [0.4, 0.5) is 11.4 Å². The number of fused-ring (bicyclic) bond motifs is 2. The van der Waals surface area contributed by atoms with Crippen molar-refractivity contribution in [1.82, 2.24) is 0 Å². The summed E-state index contributed by atoms with van der Waals surface area (Å²) in [6.07, 6.45) is 3.05. The second-order valence-electron chi connectivity index (χ2n) is 5.56. The van der Waals surface area contributed by atoms with Crippen molar-refractivity contribution in [1.29, 1.82) is 0 Å². The number of hydrogen-bond acceptors (Lipinski definition) is 4. The molecule has 0 aliphatic carbocycles. The summed E-state index contributed by atoms with van der Waals surface area (Å²) in [4.78, 5) is 24.5. The van der Waals surface area contributed by atoms with Crippen molar-refractivity contribution < 1.29 is 14.0 Å². The standard InChI is InChI=1S/C19H14N2O3S/c22-18(8-6-14-9-12-3-1-2-4-16(12)24-14)20-13-5-7-17-15(10-13)21-19(23)11-25-17/h1-10H,11H2,(H,20,22)(H,21,23)/b8-6+. The maximum Gasteiger partial charge on any atom is 0.248 e. The van der Waals surface area contributed by atoms with Gasteiger partial charge in [-0.2, -0.15) is 0 Å². The fraction of sp³-hybridized carbons (Fsp3) is 0.0526. The molecule has 4 rings (SSSR count). The third kappa shape index (κ3) is 3.44. The van der Waals surface area contributed by atoms with Crippen molar-refractivity contribution in [3.8, 4) is 0 Å². The number of carbonyl (C=O) groups excluding carboxylic acids is 2. The second-order valence-corrected chi connectivity index (χ2v) is 6.57. The van der Waals surface area contributed by atoms with Gasteiger partial charge in [0.25, 0.3) is 0 Å². The minimum atomic E-state index is -0.268. The highest BCUT2D eigenvalue weighted by molar-refractivity contribution is 8.00. The summed E-state index contributed by atoms with van der Waals surface area (Å²) >= 11 is 1.48. The number of amides is 2. The first-order valence-electron chi connectivity index (χ1n) is 7.72. The van der Waals surface area contributed by atoms with Crippen LogP contribution in [0.1, 0.15) is 5.76 Å². The number of para-hydroxylation sites is 1. The van der Waals surface area contributed by atoms with Crippen LogP contribution < -0.4 is 10.6 Å². The van der Waals surface area contributed by atoms with Crippen LogP contribution in [0.3, 0.4) is 0 Å². The Labute approximate surface area is 148 Å². The van der Waals surface area contributed by atoms with E-state index in [1.807, 2.05) is 42.5 Å². The SMILES string of the molecule is O=C(/C=C/c1cc2ccccc2o1)Nc1ccc2c(c1)NC(=O)CS2. The molecule has 0 spiro atoms. The van der Waals surface area contributed by atoms with Gasteiger partial charge in [-0.05, 0) is 36.4 Å². The first-order chi connectivity index (χ1) is 12.2. The normalized spacial score (nSPS) is 13.7. The summed E-state index contributed by atoms with van der Waals surface area (Å²) in [5, 5.41) is 6.58. The molecule has 124 valence electrons. The van der Waals surface area contributed by atoms with Gasteiger partial charge in [0.1, 0.15) is 11.3 Å². The summed E-state index contributed by atoms with van der Waals surface area (Å²) < 4.78 is 5.64. The van der Waals surface area contributed by atoms with E-state index in [1.165, 1.54) is 17.8 Å². The molecule has 0 radical (unpaired) electrons. The van der Waals surface area contributed by atoms with E-state index < -0.39 is 0 Å². The predicted octanol–water partition coefficient (Wildman–Crippen LogP) is 4.13. The van der Waals surface area contributed by atoms with E-state index in [0.29, 0.717) is 17.2 Å². The number of hydrogen-bond donors (Lipinski definition) is 2. The number of carbonyl (C=O) groups is 2. The van der Waals surface area contributed by atoms with E-state index in [0.717, 1.165) is 21.6 Å². The van der Waals surface area contributed by atoms with Gasteiger partial charge in [0.15, 0.2) is 0 Å². The lowest BCUT2D eigenvalue weighted by molar-refractivity contribution is -0.114. The zero-order chi connectivity index (χ0) is 17.2. The molecule has 0 atom stereocenters. The van der Waals surface area contributed by atoms with Crippen LogP contribution in [-0.4, -0.2) is 17.6 Å². The topological polar surface area (TPSA) is 71.3 Å². The summed E-state index contributed by atoms with van der Waals surface area (Å²) in [5.41, 5.74) is 2.13. The number of rotatable bonds is 3. The van der Waals surface area contributed by atoms with Crippen LogP contribution >= 0.6 is 11.8 Å². The third-order valence-electron chi connectivity index (χ3n) is 3.72. The van der Waals surface area contributed by atoms with Crippen molar-refractivity contribution in [2.45, 2.75) is 4.90 Å². The highest BCUT2D eigenvalue weighted by atomic mass is 32.2. The van der Waals surface area contributed by atoms with Gasteiger partial charge in [-0.15, -0.1) is 11.8 Å². The Morgan fingerprint density at radius 1 is 1.20 bits per heavy atom. The van der Waals surface area contributed by atoms with E-state index in [-0.39, 0.29) is 11.8 Å². The van der Waals surface area contributed by atoms with Gasteiger partial charge in [-0.1, -0.05) is 18.2 Å². The summed E-state index contributed by atoms with van der Waals surface area (Å²) in [6, 6.07) is 15.0. The highest BCUT2D eigenvalue weighted by Gasteiger charge is 2.15. The van der Waals surface area contributed by atoms with Gasteiger partial charge in [0, 0.05) is 22.0 Å². The lowest BCUT2D eigenvalue weighted by Gasteiger charge is -2.17. The van der Waals surface area contributed by atoms with Crippen molar-refractivity contribution in [2.24, 2.45) is 0 Å². The highest BCUT2D eigenvalue weighted by Crippen LogP contribution is 2.33. The van der Waals surface area contributed by atoms with E-state index in [9.17, 15) is 9.59 Å². The van der Waals surface area contributed by atoms with Crippen LogP contribution in [0.15, 0.2) is 63.9 Å². The monoisotopic (exact) mass is 350 g/mol. The molecule has 1 aromatic heterocycles. The van der Waals surface area contributed by atoms with Crippen molar-refractivity contribution in [3.63, 3.8) is 0 Å². The molecule has 0 saturated carbocycles. The number of furan rings is 1. The maximum absolute atomic E-state index is 12.1. The Morgan fingerprint density at radius 2 is 2.08 bits per heavy atom. The Balaban J connectivity index is 1.46. The average Bonchev–Trinajstić information content (AvgIpc) is 3.02. The first-order valence-corrected chi connectivity index (χ1v) is 8.70. The van der Waals surface area contributed by atoms with E-state index >= 15 is 0 Å². The Hall–Kier alpha value is -2.99. The van der Waals surface area contributed by atoms with E-state index in [1.54, 1.807) is 12.1 Å². The Bertz CT molecular complexity index is 974. The van der Waals surface area contributed by atoms with Gasteiger partial charge in [0.2, 0.25) is 11.8 Å². The molecule has 0 unspecified atom stereocenters. The van der Waals surface area contributed by atoms with Crippen LogP contribution in [0.25, 0.3) is 17.0 Å². The quantitative estimate of drug-likeness (QED) is 0.697. The Kier molecular flexibility index (Phi) is 4.03. The van der Waals surface area contributed by atoms with Gasteiger partial charge < -0.3 is 15.1 Å². The molecule has 2 heterocycles.